The maximum absolute atomic E-state index is 5.41. The van der Waals surface area contributed by atoms with Crippen LogP contribution in [0.15, 0.2) is 0 Å². The second-order valence-corrected chi connectivity index (χ2v) is 4.91. The summed E-state index contributed by atoms with van der Waals surface area (Å²) in [6.07, 6.45) is 3.78. The zero-order chi connectivity index (χ0) is 12.3. The van der Waals surface area contributed by atoms with Gasteiger partial charge in [0.1, 0.15) is 0 Å². The lowest BCUT2D eigenvalue weighted by Crippen LogP contribution is -2.35. The van der Waals surface area contributed by atoms with Crippen molar-refractivity contribution in [1.29, 1.82) is 0 Å². The highest BCUT2D eigenvalue weighted by molar-refractivity contribution is 4.71. The van der Waals surface area contributed by atoms with Crippen molar-refractivity contribution < 1.29 is 9.47 Å². The van der Waals surface area contributed by atoms with Crippen molar-refractivity contribution in [2.24, 2.45) is 5.92 Å². The Hall–Kier alpha value is -0.160. The third kappa shape index (κ3) is 7.71. The molecular weight excluding hydrogens is 216 g/mol. The van der Waals surface area contributed by atoms with Crippen LogP contribution in [0.1, 0.15) is 19.3 Å². The van der Waals surface area contributed by atoms with E-state index in [1.807, 2.05) is 0 Å². The van der Waals surface area contributed by atoms with Crippen LogP contribution in [0, 0.1) is 5.92 Å². The van der Waals surface area contributed by atoms with E-state index in [0.717, 1.165) is 25.5 Å². The summed E-state index contributed by atoms with van der Waals surface area (Å²) in [5, 5.41) is 3.53. The van der Waals surface area contributed by atoms with Gasteiger partial charge in [-0.05, 0) is 58.4 Å². The number of nitrogens with zero attached hydrogens (tertiary/aromatic N) is 1. The van der Waals surface area contributed by atoms with Gasteiger partial charge in [0.2, 0.25) is 0 Å². The Morgan fingerprint density at radius 2 is 1.94 bits per heavy atom. The van der Waals surface area contributed by atoms with E-state index in [4.69, 9.17) is 9.47 Å². The number of likely N-dealkylation sites (tertiary alicyclic amines) is 1. The largest absolute Gasteiger partial charge is 0.382 e. The summed E-state index contributed by atoms with van der Waals surface area (Å²) < 4.78 is 10.3. The van der Waals surface area contributed by atoms with Gasteiger partial charge >= 0.3 is 0 Å². The van der Waals surface area contributed by atoms with E-state index in [0.29, 0.717) is 13.2 Å². The summed E-state index contributed by atoms with van der Waals surface area (Å²) >= 11 is 0. The number of piperidine rings is 1. The molecule has 0 aromatic heterocycles. The zero-order valence-electron chi connectivity index (χ0n) is 11.4. The summed E-state index contributed by atoms with van der Waals surface area (Å²) in [6.45, 7) is 7.00. The molecule has 0 bridgehead atoms. The van der Waals surface area contributed by atoms with Crippen molar-refractivity contribution in [2.75, 3.05) is 60.2 Å². The number of ether oxygens (including phenoxy) is 2. The molecule has 1 rings (SSSR count). The normalized spacial score (nSPS) is 18.7. The first-order chi connectivity index (χ1) is 8.33. The lowest BCUT2D eigenvalue weighted by Gasteiger charge is -2.29. The molecule has 17 heavy (non-hydrogen) atoms. The number of hydrogen-bond acceptors (Lipinski definition) is 4. The highest BCUT2D eigenvalue weighted by Gasteiger charge is 2.15. The molecule has 0 radical (unpaired) electrons. The minimum atomic E-state index is 0.697. The Labute approximate surface area is 106 Å². The maximum Gasteiger partial charge on any atom is 0.0700 e. The fourth-order valence-electron chi connectivity index (χ4n) is 2.12. The molecule has 0 unspecified atom stereocenters. The number of rotatable bonds is 9. The maximum atomic E-state index is 5.41. The SMILES string of the molecule is COCCOCCCNCC1CCN(C)CC1. The molecule has 0 atom stereocenters. The Kier molecular flexibility index (Phi) is 8.61. The molecule has 1 aliphatic rings. The van der Waals surface area contributed by atoms with Gasteiger partial charge in [-0.25, -0.2) is 0 Å². The minimum Gasteiger partial charge on any atom is -0.382 e. The summed E-state index contributed by atoms with van der Waals surface area (Å²) in [6, 6.07) is 0. The van der Waals surface area contributed by atoms with E-state index in [-0.39, 0.29) is 0 Å². The van der Waals surface area contributed by atoms with Gasteiger partial charge in [-0.1, -0.05) is 0 Å². The first-order valence-corrected chi connectivity index (χ1v) is 6.79. The van der Waals surface area contributed by atoms with Gasteiger partial charge in [0.15, 0.2) is 0 Å². The molecular formula is C13H28N2O2. The molecule has 102 valence electrons. The summed E-state index contributed by atoms with van der Waals surface area (Å²) in [7, 11) is 3.91. The molecule has 0 aromatic rings. The Bertz CT molecular complexity index is 171. The van der Waals surface area contributed by atoms with Crippen molar-refractivity contribution >= 4 is 0 Å². The topological polar surface area (TPSA) is 33.7 Å². The Morgan fingerprint density at radius 1 is 1.18 bits per heavy atom. The molecule has 0 amide bonds. The van der Waals surface area contributed by atoms with Gasteiger partial charge < -0.3 is 19.7 Å². The van der Waals surface area contributed by atoms with Gasteiger partial charge in [0, 0.05) is 13.7 Å². The van der Waals surface area contributed by atoms with Crippen LogP contribution in [-0.2, 0) is 9.47 Å². The molecule has 0 aromatic carbocycles. The van der Waals surface area contributed by atoms with E-state index < -0.39 is 0 Å². The van der Waals surface area contributed by atoms with Crippen LogP contribution in [-0.4, -0.2) is 65.1 Å². The second kappa shape index (κ2) is 9.83. The third-order valence-electron chi connectivity index (χ3n) is 3.35. The fourth-order valence-corrected chi connectivity index (χ4v) is 2.12. The summed E-state index contributed by atoms with van der Waals surface area (Å²) in [4.78, 5) is 2.42. The number of nitrogens with one attached hydrogen (secondary N) is 1. The molecule has 0 spiro atoms. The van der Waals surface area contributed by atoms with E-state index >= 15 is 0 Å². The molecule has 0 saturated carbocycles. The first-order valence-electron chi connectivity index (χ1n) is 6.79. The fraction of sp³-hybridized carbons (Fsp3) is 1.00. The standard InChI is InChI=1S/C13H28N2O2/c1-15-7-4-13(5-8-15)12-14-6-3-9-17-11-10-16-2/h13-14H,3-12H2,1-2H3. The van der Waals surface area contributed by atoms with Crippen molar-refractivity contribution in [3.63, 3.8) is 0 Å². The van der Waals surface area contributed by atoms with Crippen LogP contribution in [0.5, 0.6) is 0 Å². The molecule has 0 aliphatic carbocycles. The lowest BCUT2D eigenvalue weighted by molar-refractivity contribution is 0.0693. The predicted octanol–water partition coefficient (Wildman–Crippen LogP) is 0.971. The minimum absolute atomic E-state index is 0.697. The Morgan fingerprint density at radius 3 is 2.65 bits per heavy atom. The van der Waals surface area contributed by atoms with Crippen molar-refractivity contribution in [2.45, 2.75) is 19.3 Å². The van der Waals surface area contributed by atoms with Crippen molar-refractivity contribution in [3.05, 3.63) is 0 Å². The highest BCUT2D eigenvalue weighted by atomic mass is 16.5. The highest BCUT2D eigenvalue weighted by Crippen LogP contribution is 2.14. The van der Waals surface area contributed by atoms with Crippen LogP contribution in [0.25, 0.3) is 0 Å². The summed E-state index contributed by atoms with van der Waals surface area (Å²) in [5.74, 6) is 0.876. The molecule has 1 saturated heterocycles. The predicted molar refractivity (Wildman–Crippen MR) is 70.4 cm³/mol. The first kappa shape index (κ1) is 14.9. The van der Waals surface area contributed by atoms with Gasteiger partial charge in [-0.15, -0.1) is 0 Å². The van der Waals surface area contributed by atoms with E-state index in [1.165, 1.54) is 32.5 Å². The van der Waals surface area contributed by atoms with Gasteiger partial charge in [-0.3, -0.25) is 0 Å². The monoisotopic (exact) mass is 244 g/mol. The summed E-state index contributed by atoms with van der Waals surface area (Å²) in [5.41, 5.74) is 0. The molecule has 1 fully saturated rings. The zero-order valence-corrected chi connectivity index (χ0v) is 11.4. The average Bonchev–Trinajstić information content (AvgIpc) is 2.35. The van der Waals surface area contributed by atoms with E-state index in [9.17, 15) is 0 Å². The average molecular weight is 244 g/mol. The van der Waals surface area contributed by atoms with Gasteiger partial charge in [-0.2, -0.15) is 0 Å². The van der Waals surface area contributed by atoms with Crippen LogP contribution < -0.4 is 5.32 Å². The second-order valence-electron chi connectivity index (χ2n) is 4.91. The van der Waals surface area contributed by atoms with Crippen LogP contribution in [0.2, 0.25) is 0 Å². The number of methoxy groups -OCH3 is 1. The Balaban J connectivity index is 1.81. The van der Waals surface area contributed by atoms with Crippen LogP contribution >= 0.6 is 0 Å². The lowest BCUT2D eigenvalue weighted by atomic mass is 9.97. The molecule has 1 aliphatic heterocycles. The van der Waals surface area contributed by atoms with E-state index in [2.05, 4.69) is 17.3 Å². The van der Waals surface area contributed by atoms with Crippen LogP contribution in [0.4, 0.5) is 0 Å². The van der Waals surface area contributed by atoms with Crippen molar-refractivity contribution in [3.8, 4) is 0 Å². The number of hydrogen-bond donors (Lipinski definition) is 1. The van der Waals surface area contributed by atoms with Gasteiger partial charge in [0.05, 0.1) is 13.2 Å². The van der Waals surface area contributed by atoms with Gasteiger partial charge in [0.25, 0.3) is 0 Å². The molecule has 1 N–H and O–H groups in total. The van der Waals surface area contributed by atoms with E-state index in [1.54, 1.807) is 7.11 Å². The third-order valence-corrected chi connectivity index (χ3v) is 3.35. The molecule has 4 nitrogen and oxygen atoms in total. The van der Waals surface area contributed by atoms with Crippen molar-refractivity contribution in [1.82, 2.24) is 10.2 Å². The molecule has 1 heterocycles. The quantitative estimate of drug-likeness (QED) is 0.613. The molecule has 4 heteroatoms. The van der Waals surface area contributed by atoms with Crippen LogP contribution in [0.3, 0.4) is 0 Å². The smallest absolute Gasteiger partial charge is 0.0700 e.